The Balaban J connectivity index is 1.83. The van der Waals surface area contributed by atoms with Gasteiger partial charge in [-0.05, 0) is 57.4 Å². The van der Waals surface area contributed by atoms with E-state index in [-0.39, 0.29) is 17.9 Å². The lowest BCUT2D eigenvalue weighted by atomic mass is 10.1. The van der Waals surface area contributed by atoms with Crippen molar-refractivity contribution >= 4 is 39.9 Å². The monoisotopic (exact) mass is 446 g/mol. The smallest absolute Gasteiger partial charge is 0.335 e. The fourth-order valence-corrected chi connectivity index (χ4v) is 3.14. The number of hydrogen-bond acceptors (Lipinski definition) is 5. The van der Waals surface area contributed by atoms with Crippen LogP contribution in [0.4, 0.5) is 4.79 Å². The first-order chi connectivity index (χ1) is 13.4. The van der Waals surface area contributed by atoms with E-state index in [0.717, 1.165) is 0 Å². The minimum absolute atomic E-state index is 0.123. The molecule has 3 amide bonds. The minimum Gasteiger partial charge on any atom is -0.493 e. The molecule has 2 aromatic carbocycles. The van der Waals surface area contributed by atoms with Gasteiger partial charge in [-0.2, -0.15) is 0 Å². The molecule has 1 heterocycles. The second-order valence-corrected chi connectivity index (χ2v) is 6.65. The molecule has 144 valence electrons. The number of nitrogens with one attached hydrogen (secondary N) is 2. The second kappa shape index (κ2) is 8.13. The van der Waals surface area contributed by atoms with Gasteiger partial charge in [-0.1, -0.05) is 12.1 Å². The lowest BCUT2D eigenvalue weighted by Crippen LogP contribution is -2.22. The summed E-state index contributed by atoms with van der Waals surface area (Å²) in [4.78, 5) is 33.9. The van der Waals surface area contributed by atoms with Crippen LogP contribution in [0.25, 0.3) is 6.08 Å². The van der Waals surface area contributed by atoms with E-state index in [1.807, 2.05) is 0 Å². The molecule has 0 aromatic heterocycles. The second-order valence-electron chi connectivity index (χ2n) is 5.79. The molecule has 0 atom stereocenters. The van der Waals surface area contributed by atoms with E-state index >= 15 is 0 Å². The van der Waals surface area contributed by atoms with Crippen molar-refractivity contribution in [2.45, 2.75) is 6.61 Å². The topological polar surface area (TPSA) is 114 Å². The molecule has 1 fully saturated rings. The molecule has 8 nitrogen and oxygen atoms in total. The zero-order valence-electron chi connectivity index (χ0n) is 14.6. The molecule has 1 saturated heterocycles. The molecular formula is C19H15BrN2O6. The number of methoxy groups -OCH3 is 1. The van der Waals surface area contributed by atoms with Crippen LogP contribution in [0.1, 0.15) is 21.5 Å². The first-order valence-electron chi connectivity index (χ1n) is 8.04. The Morgan fingerprint density at radius 1 is 1.21 bits per heavy atom. The van der Waals surface area contributed by atoms with Crippen molar-refractivity contribution in [3.8, 4) is 11.5 Å². The van der Waals surface area contributed by atoms with Gasteiger partial charge in [0.15, 0.2) is 11.5 Å². The van der Waals surface area contributed by atoms with Crippen molar-refractivity contribution < 1.29 is 29.0 Å². The van der Waals surface area contributed by atoms with Crippen LogP contribution in [0.2, 0.25) is 0 Å². The van der Waals surface area contributed by atoms with Gasteiger partial charge >= 0.3 is 12.0 Å². The Bertz CT molecular complexity index is 1000. The predicted octanol–water partition coefficient (Wildman–Crippen LogP) is 2.92. The summed E-state index contributed by atoms with van der Waals surface area (Å²) in [5, 5.41) is 13.6. The summed E-state index contributed by atoms with van der Waals surface area (Å²) in [5.74, 6) is -0.703. The van der Waals surface area contributed by atoms with Gasteiger partial charge in [-0.25, -0.2) is 9.59 Å². The number of imide groups is 1. The number of carboxylic acid groups (broad SMARTS) is 1. The van der Waals surface area contributed by atoms with E-state index in [1.54, 1.807) is 24.3 Å². The summed E-state index contributed by atoms with van der Waals surface area (Å²) in [5.41, 5.74) is 1.59. The Morgan fingerprint density at radius 2 is 2.00 bits per heavy atom. The first kappa shape index (κ1) is 19.4. The highest BCUT2D eigenvalue weighted by molar-refractivity contribution is 9.10. The summed E-state index contributed by atoms with van der Waals surface area (Å²) >= 11 is 3.41. The fourth-order valence-electron chi connectivity index (χ4n) is 2.56. The van der Waals surface area contributed by atoms with Crippen molar-refractivity contribution in [2.75, 3.05) is 7.11 Å². The molecule has 9 heteroatoms. The maximum absolute atomic E-state index is 11.7. The zero-order chi connectivity index (χ0) is 20.3. The molecule has 0 aliphatic carbocycles. The maximum Gasteiger partial charge on any atom is 0.335 e. The van der Waals surface area contributed by atoms with Crippen LogP contribution in [0, 0.1) is 0 Å². The number of hydrogen-bond donors (Lipinski definition) is 3. The van der Waals surface area contributed by atoms with E-state index in [4.69, 9.17) is 14.6 Å². The van der Waals surface area contributed by atoms with Crippen LogP contribution in [0.5, 0.6) is 11.5 Å². The van der Waals surface area contributed by atoms with E-state index in [9.17, 15) is 14.4 Å². The Kier molecular flexibility index (Phi) is 5.65. The molecule has 3 rings (SSSR count). The highest BCUT2D eigenvalue weighted by atomic mass is 79.9. The number of ether oxygens (including phenoxy) is 2. The zero-order valence-corrected chi connectivity index (χ0v) is 16.2. The van der Waals surface area contributed by atoms with Crippen LogP contribution in [0.3, 0.4) is 0 Å². The highest BCUT2D eigenvalue weighted by Crippen LogP contribution is 2.37. The van der Waals surface area contributed by atoms with Gasteiger partial charge in [0.25, 0.3) is 5.91 Å². The molecule has 1 aliphatic heterocycles. The first-order valence-corrected chi connectivity index (χ1v) is 8.83. The van der Waals surface area contributed by atoms with Gasteiger partial charge in [-0.3, -0.25) is 10.1 Å². The van der Waals surface area contributed by atoms with Gasteiger partial charge in [-0.15, -0.1) is 0 Å². The summed E-state index contributed by atoms with van der Waals surface area (Å²) < 4.78 is 11.7. The molecular weight excluding hydrogens is 432 g/mol. The van der Waals surface area contributed by atoms with Crippen LogP contribution in [-0.4, -0.2) is 30.1 Å². The average molecular weight is 447 g/mol. The van der Waals surface area contributed by atoms with Gasteiger partial charge in [0.1, 0.15) is 12.3 Å². The minimum atomic E-state index is -1.01. The van der Waals surface area contributed by atoms with Crippen molar-refractivity contribution in [1.29, 1.82) is 0 Å². The highest BCUT2D eigenvalue weighted by Gasteiger charge is 2.23. The van der Waals surface area contributed by atoms with Gasteiger partial charge in [0.2, 0.25) is 0 Å². The average Bonchev–Trinajstić information content (AvgIpc) is 2.97. The molecule has 0 radical (unpaired) electrons. The quantitative estimate of drug-likeness (QED) is 0.464. The summed E-state index contributed by atoms with van der Waals surface area (Å²) in [7, 11) is 1.47. The number of aromatic carboxylic acids is 1. The number of urea groups is 1. The van der Waals surface area contributed by atoms with Crippen LogP contribution >= 0.6 is 15.9 Å². The third-order valence-corrected chi connectivity index (χ3v) is 4.43. The molecule has 0 spiro atoms. The third-order valence-electron chi connectivity index (χ3n) is 3.84. The molecule has 2 aromatic rings. The van der Waals surface area contributed by atoms with Crippen LogP contribution in [0.15, 0.2) is 46.6 Å². The van der Waals surface area contributed by atoms with Crippen molar-refractivity contribution in [3.63, 3.8) is 0 Å². The van der Waals surface area contributed by atoms with Crippen molar-refractivity contribution in [2.24, 2.45) is 0 Å². The van der Waals surface area contributed by atoms with Crippen molar-refractivity contribution in [1.82, 2.24) is 10.6 Å². The standard InChI is InChI=1S/C19H15BrN2O6/c1-27-15-8-11(7-14-17(23)22-19(26)21-14)6-13(20)16(15)28-9-10-3-2-4-12(5-10)18(24)25/h2-8H,9H2,1H3,(H,24,25)(H2,21,22,23,26)/b14-7+. The van der Waals surface area contributed by atoms with E-state index in [0.29, 0.717) is 27.1 Å². The summed E-state index contributed by atoms with van der Waals surface area (Å²) in [6.07, 6.45) is 1.51. The predicted molar refractivity (Wildman–Crippen MR) is 103 cm³/mol. The SMILES string of the molecule is COc1cc(/C=C2/NC(=O)NC2=O)cc(Br)c1OCc1cccc(C(=O)O)c1. The molecule has 3 N–H and O–H groups in total. The van der Waals surface area contributed by atoms with Crippen LogP contribution in [-0.2, 0) is 11.4 Å². The van der Waals surface area contributed by atoms with E-state index in [1.165, 1.54) is 25.3 Å². The van der Waals surface area contributed by atoms with Crippen LogP contribution < -0.4 is 20.1 Å². The molecule has 0 unspecified atom stereocenters. The number of amides is 3. The number of rotatable bonds is 6. The Hall–Kier alpha value is -3.33. The number of carboxylic acids is 1. The van der Waals surface area contributed by atoms with E-state index < -0.39 is 17.9 Å². The number of carbonyl (C=O) groups is 3. The van der Waals surface area contributed by atoms with Crippen molar-refractivity contribution in [3.05, 3.63) is 63.3 Å². The molecule has 0 saturated carbocycles. The molecule has 1 aliphatic rings. The van der Waals surface area contributed by atoms with Gasteiger partial charge in [0, 0.05) is 0 Å². The maximum atomic E-state index is 11.7. The Morgan fingerprint density at radius 3 is 2.64 bits per heavy atom. The van der Waals surface area contributed by atoms with Gasteiger partial charge in [0.05, 0.1) is 17.1 Å². The number of carbonyl (C=O) groups excluding carboxylic acids is 2. The fraction of sp³-hybridized carbons (Fsp3) is 0.105. The number of halogens is 1. The summed E-state index contributed by atoms with van der Waals surface area (Å²) in [6.45, 7) is 0.134. The Labute approximate surface area is 168 Å². The third kappa shape index (κ3) is 4.32. The van der Waals surface area contributed by atoms with E-state index in [2.05, 4.69) is 26.6 Å². The van der Waals surface area contributed by atoms with Gasteiger partial charge < -0.3 is 19.9 Å². The lowest BCUT2D eigenvalue weighted by Gasteiger charge is -2.14. The lowest BCUT2D eigenvalue weighted by molar-refractivity contribution is -0.115. The normalized spacial score (nSPS) is 14.6. The largest absolute Gasteiger partial charge is 0.493 e. The molecule has 0 bridgehead atoms. The molecule has 28 heavy (non-hydrogen) atoms. The summed E-state index contributed by atoms with van der Waals surface area (Å²) in [6, 6.07) is 9.21. The number of benzene rings is 2.